The fourth-order valence-electron chi connectivity index (χ4n) is 3.26. The van der Waals surface area contributed by atoms with Crippen LogP contribution in [0.15, 0.2) is 36.9 Å². The molecule has 2 unspecified atom stereocenters. The van der Waals surface area contributed by atoms with Gasteiger partial charge < -0.3 is 14.4 Å². The summed E-state index contributed by atoms with van der Waals surface area (Å²) in [5, 5.41) is 0. The van der Waals surface area contributed by atoms with Gasteiger partial charge in [0.2, 0.25) is 5.95 Å². The largest absolute Gasteiger partial charge is 0.486 e. The van der Waals surface area contributed by atoms with E-state index in [4.69, 9.17) is 9.47 Å². The highest BCUT2D eigenvalue weighted by Gasteiger charge is 2.47. The van der Waals surface area contributed by atoms with E-state index in [2.05, 4.69) is 15.0 Å². The lowest BCUT2D eigenvalue weighted by Crippen LogP contribution is -2.34. The molecule has 2 aromatic heterocycles. The van der Waals surface area contributed by atoms with Crippen molar-refractivity contribution >= 4 is 5.95 Å². The second-order valence-electron chi connectivity index (χ2n) is 6.00. The van der Waals surface area contributed by atoms with Gasteiger partial charge in [0.1, 0.15) is 11.9 Å². The minimum atomic E-state index is -0.426. The van der Waals surface area contributed by atoms with Crippen LogP contribution in [0.3, 0.4) is 0 Å². The number of aromatic nitrogens is 3. The highest BCUT2D eigenvalue weighted by Crippen LogP contribution is 2.37. The highest BCUT2D eigenvalue weighted by atomic mass is 19.1. The number of ether oxygens (including phenoxy) is 2. The van der Waals surface area contributed by atoms with Crippen LogP contribution in [-0.4, -0.2) is 46.4 Å². The first-order valence-electron chi connectivity index (χ1n) is 7.66. The standard InChI is InChI=1S/C16H17FN4O2/c17-12-7-19-15(20-8-12)21-5-3-16(11-21)6-14(10-22-16)23-13-2-1-4-18-9-13/h1-2,4,7-9,14H,3,5-6,10-11H2. The summed E-state index contributed by atoms with van der Waals surface area (Å²) >= 11 is 0. The first kappa shape index (κ1) is 14.3. The SMILES string of the molecule is Fc1cnc(N2CCC3(CC(Oc4cccnc4)CO3)C2)nc1. The fourth-order valence-corrected chi connectivity index (χ4v) is 3.26. The zero-order chi connectivity index (χ0) is 15.7. The van der Waals surface area contributed by atoms with Gasteiger partial charge in [-0.2, -0.15) is 0 Å². The molecule has 4 heterocycles. The van der Waals surface area contributed by atoms with Crippen LogP contribution < -0.4 is 9.64 Å². The van der Waals surface area contributed by atoms with Crippen molar-refractivity contribution in [3.63, 3.8) is 0 Å². The topological polar surface area (TPSA) is 60.4 Å². The summed E-state index contributed by atoms with van der Waals surface area (Å²) in [6.07, 6.45) is 7.54. The third kappa shape index (κ3) is 2.96. The van der Waals surface area contributed by atoms with Crippen LogP contribution in [0.1, 0.15) is 12.8 Å². The Hall–Kier alpha value is -2.28. The van der Waals surface area contributed by atoms with Crippen molar-refractivity contribution in [1.82, 2.24) is 15.0 Å². The zero-order valence-corrected chi connectivity index (χ0v) is 12.6. The molecule has 2 atom stereocenters. The van der Waals surface area contributed by atoms with Crippen LogP contribution in [0.4, 0.5) is 10.3 Å². The number of nitrogens with zero attached hydrogens (tertiary/aromatic N) is 4. The molecule has 2 aromatic rings. The van der Waals surface area contributed by atoms with Crippen LogP contribution in [0, 0.1) is 5.82 Å². The molecule has 120 valence electrons. The number of rotatable bonds is 3. The Labute approximate surface area is 133 Å². The molecular formula is C16H17FN4O2. The van der Waals surface area contributed by atoms with Crippen molar-refractivity contribution in [1.29, 1.82) is 0 Å². The fraction of sp³-hybridized carbons (Fsp3) is 0.438. The number of halogens is 1. The lowest BCUT2D eigenvalue weighted by atomic mass is 9.98. The molecule has 1 spiro atoms. The minimum Gasteiger partial charge on any atom is -0.486 e. The normalized spacial score (nSPS) is 26.8. The maximum Gasteiger partial charge on any atom is 0.225 e. The number of anilines is 1. The minimum absolute atomic E-state index is 0.0216. The van der Waals surface area contributed by atoms with Crippen LogP contribution >= 0.6 is 0 Å². The smallest absolute Gasteiger partial charge is 0.225 e. The molecular weight excluding hydrogens is 299 g/mol. The van der Waals surface area contributed by atoms with E-state index in [9.17, 15) is 4.39 Å². The molecule has 0 N–H and O–H groups in total. The number of hydrogen-bond acceptors (Lipinski definition) is 6. The van der Waals surface area contributed by atoms with E-state index in [1.165, 1.54) is 12.4 Å². The van der Waals surface area contributed by atoms with Crippen molar-refractivity contribution in [2.75, 3.05) is 24.6 Å². The molecule has 2 aliphatic rings. The molecule has 2 aliphatic heterocycles. The summed E-state index contributed by atoms with van der Waals surface area (Å²) < 4.78 is 24.9. The summed E-state index contributed by atoms with van der Waals surface area (Å²) in [5.41, 5.74) is -0.232. The number of hydrogen-bond donors (Lipinski definition) is 0. The predicted octanol–water partition coefficient (Wildman–Crippen LogP) is 1.83. The zero-order valence-electron chi connectivity index (χ0n) is 12.6. The molecule has 2 fully saturated rings. The summed E-state index contributed by atoms with van der Waals surface area (Å²) in [4.78, 5) is 14.2. The van der Waals surface area contributed by atoms with Crippen molar-refractivity contribution in [2.45, 2.75) is 24.5 Å². The van der Waals surface area contributed by atoms with Gasteiger partial charge in [-0.3, -0.25) is 4.98 Å². The molecule has 0 radical (unpaired) electrons. The molecule has 6 nitrogen and oxygen atoms in total. The van der Waals surface area contributed by atoms with Gasteiger partial charge >= 0.3 is 0 Å². The van der Waals surface area contributed by atoms with E-state index < -0.39 is 5.82 Å². The van der Waals surface area contributed by atoms with E-state index in [0.717, 1.165) is 25.1 Å². The average Bonchev–Trinajstić information content (AvgIpc) is 3.16. The van der Waals surface area contributed by atoms with Crippen LogP contribution in [0.2, 0.25) is 0 Å². The van der Waals surface area contributed by atoms with Gasteiger partial charge in [0.15, 0.2) is 5.82 Å². The van der Waals surface area contributed by atoms with Gasteiger partial charge in [-0.1, -0.05) is 0 Å². The molecule has 0 bridgehead atoms. The Morgan fingerprint density at radius 2 is 2.17 bits per heavy atom. The summed E-state index contributed by atoms with van der Waals surface area (Å²) in [6, 6.07) is 3.75. The van der Waals surface area contributed by atoms with Gasteiger partial charge in [-0.05, 0) is 18.6 Å². The Morgan fingerprint density at radius 1 is 1.30 bits per heavy atom. The third-order valence-corrected chi connectivity index (χ3v) is 4.32. The lowest BCUT2D eigenvalue weighted by molar-refractivity contribution is 0.0195. The lowest BCUT2D eigenvalue weighted by Gasteiger charge is -2.23. The molecule has 23 heavy (non-hydrogen) atoms. The Balaban J connectivity index is 1.40. The van der Waals surface area contributed by atoms with E-state index >= 15 is 0 Å². The maximum absolute atomic E-state index is 12.9. The monoisotopic (exact) mass is 316 g/mol. The van der Waals surface area contributed by atoms with Crippen molar-refractivity contribution in [3.05, 3.63) is 42.7 Å². The Bertz CT molecular complexity index is 670. The molecule has 0 saturated carbocycles. The average molecular weight is 316 g/mol. The maximum atomic E-state index is 12.9. The molecule has 0 aromatic carbocycles. The Morgan fingerprint density at radius 3 is 2.96 bits per heavy atom. The number of pyridine rings is 1. The summed E-state index contributed by atoms with van der Waals surface area (Å²) in [6.45, 7) is 2.06. The third-order valence-electron chi connectivity index (χ3n) is 4.32. The van der Waals surface area contributed by atoms with Crippen LogP contribution in [0.25, 0.3) is 0 Å². The van der Waals surface area contributed by atoms with Crippen molar-refractivity contribution < 1.29 is 13.9 Å². The van der Waals surface area contributed by atoms with E-state index in [1.807, 2.05) is 17.0 Å². The molecule has 4 rings (SSSR count). The highest BCUT2D eigenvalue weighted by molar-refractivity contribution is 5.33. The quantitative estimate of drug-likeness (QED) is 0.861. The van der Waals surface area contributed by atoms with Gasteiger partial charge in [-0.25, -0.2) is 14.4 Å². The van der Waals surface area contributed by atoms with Gasteiger partial charge in [-0.15, -0.1) is 0 Å². The molecule has 2 saturated heterocycles. The van der Waals surface area contributed by atoms with Gasteiger partial charge in [0.25, 0.3) is 0 Å². The summed E-state index contributed by atoms with van der Waals surface area (Å²) in [7, 11) is 0. The van der Waals surface area contributed by atoms with Crippen molar-refractivity contribution in [2.24, 2.45) is 0 Å². The first-order valence-corrected chi connectivity index (χ1v) is 7.66. The molecule has 0 aliphatic carbocycles. The molecule has 0 amide bonds. The Kier molecular flexibility index (Phi) is 3.57. The van der Waals surface area contributed by atoms with Gasteiger partial charge in [0, 0.05) is 19.2 Å². The van der Waals surface area contributed by atoms with Gasteiger partial charge in [0.05, 0.1) is 37.3 Å². The van der Waals surface area contributed by atoms with Crippen molar-refractivity contribution in [3.8, 4) is 5.75 Å². The van der Waals surface area contributed by atoms with E-state index in [0.29, 0.717) is 19.1 Å². The van der Waals surface area contributed by atoms with Crippen LogP contribution in [-0.2, 0) is 4.74 Å². The van der Waals surface area contributed by atoms with E-state index in [-0.39, 0.29) is 11.7 Å². The first-order chi connectivity index (χ1) is 11.2. The second-order valence-corrected chi connectivity index (χ2v) is 6.00. The van der Waals surface area contributed by atoms with E-state index in [1.54, 1.807) is 12.4 Å². The second kappa shape index (κ2) is 5.73. The van der Waals surface area contributed by atoms with Crippen LogP contribution in [0.5, 0.6) is 5.75 Å². The predicted molar refractivity (Wildman–Crippen MR) is 80.8 cm³/mol. The summed E-state index contributed by atoms with van der Waals surface area (Å²) in [5.74, 6) is 0.878. The molecule has 7 heteroatoms.